The Kier molecular flexibility index (Phi) is 12.0. The van der Waals surface area contributed by atoms with Crippen molar-refractivity contribution in [2.75, 3.05) is 6.61 Å². The van der Waals surface area contributed by atoms with Crippen molar-refractivity contribution in [1.82, 2.24) is 0 Å². The van der Waals surface area contributed by atoms with Crippen LogP contribution >= 0.6 is 0 Å². The number of carboxylic acids is 1. The Morgan fingerprint density at radius 2 is 1.29 bits per heavy atom. The molecule has 1 rings (SSSR count). The number of nitrogens with two attached hydrogens (primary N) is 1. The van der Waals surface area contributed by atoms with Crippen LogP contribution in [0.4, 0.5) is 14.4 Å². The van der Waals surface area contributed by atoms with Gasteiger partial charge >= 0.3 is 24.4 Å². The summed E-state index contributed by atoms with van der Waals surface area (Å²) in [5.74, 6) is -3.34. The van der Waals surface area contributed by atoms with Crippen LogP contribution in [0, 0.1) is 11.3 Å². The van der Waals surface area contributed by atoms with Crippen LogP contribution in [0.5, 0.6) is 11.5 Å². The molecule has 1 aromatic carbocycles. The second kappa shape index (κ2) is 13.9. The molecule has 41 heavy (non-hydrogen) atoms. The number of benzene rings is 1. The highest BCUT2D eigenvalue weighted by Gasteiger charge is 2.36. The minimum absolute atomic E-state index is 0.121. The van der Waals surface area contributed by atoms with Gasteiger partial charge in [-0.3, -0.25) is 4.79 Å². The van der Waals surface area contributed by atoms with Crippen molar-refractivity contribution < 1.29 is 52.7 Å². The van der Waals surface area contributed by atoms with Crippen LogP contribution in [0.1, 0.15) is 87.6 Å². The molecule has 12 nitrogen and oxygen atoms in total. The zero-order chi connectivity index (χ0) is 31.9. The standard InChI is InChI=1S/C29H45NO11/c1-16(17(2)37-24(33)36-15-27(3,4)5)21(22(30)23(31)32)18-12-13-19(38-25(34)40-28(6,7)8)20(14-18)39-26(35)41-29(9,10)11/h12-14,16-17,21-22H,15,30H2,1-11H3,(H,31,32)/t16?,17?,21?,22-/m0/s1. The van der Waals surface area contributed by atoms with Crippen LogP contribution in [-0.4, -0.2) is 59.5 Å². The topological polar surface area (TPSA) is 170 Å². The first-order valence-electron chi connectivity index (χ1n) is 13.3. The first-order chi connectivity index (χ1) is 18.5. The Labute approximate surface area is 241 Å². The summed E-state index contributed by atoms with van der Waals surface area (Å²) in [7, 11) is 0. The fourth-order valence-electron chi connectivity index (χ4n) is 3.47. The van der Waals surface area contributed by atoms with Gasteiger partial charge in [-0.05, 0) is 71.6 Å². The SMILES string of the molecule is CC(OC(=O)OCC(C)(C)C)C(C)C(c1ccc(OC(=O)OC(C)(C)C)c(OC(=O)OC(C)(C)C)c1)[C@H](N)C(=O)O. The molecule has 3 unspecified atom stereocenters. The van der Waals surface area contributed by atoms with Crippen molar-refractivity contribution in [1.29, 1.82) is 0 Å². The minimum atomic E-state index is -1.45. The highest BCUT2D eigenvalue weighted by atomic mass is 16.8. The summed E-state index contributed by atoms with van der Waals surface area (Å²) in [4.78, 5) is 49.1. The Morgan fingerprint density at radius 1 is 0.805 bits per heavy atom. The van der Waals surface area contributed by atoms with Crippen LogP contribution in [0.3, 0.4) is 0 Å². The molecule has 4 atom stereocenters. The molecule has 0 saturated carbocycles. The summed E-state index contributed by atoms with van der Waals surface area (Å²) < 4.78 is 31.6. The smallest absolute Gasteiger partial charge is 0.480 e. The van der Waals surface area contributed by atoms with Gasteiger partial charge in [0.25, 0.3) is 0 Å². The van der Waals surface area contributed by atoms with Gasteiger partial charge in [0.05, 0.1) is 6.61 Å². The molecule has 12 heteroatoms. The lowest BCUT2D eigenvalue weighted by Crippen LogP contribution is -2.42. The molecular weight excluding hydrogens is 538 g/mol. The van der Waals surface area contributed by atoms with E-state index in [0.717, 1.165) is 0 Å². The molecule has 232 valence electrons. The summed E-state index contributed by atoms with van der Waals surface area (Å²) >= 11 is 0. The summed E-state index contributed by atoms with van der Waals surface area (Å²) in [6.45, 7) is 18.9. The number of ether oxygens (including phenoxy) is 6. The van der Waals surface area contributed by atoms with Gasteiger partial charge in [-0.15, -0.1) is 0 Å². The van der Waals surface area contributed by atoms with Crippen molar-refractivity contribution in [3.8, 4) is 11.5 Å². The van der Waals surface area contributed by atoms with E-state index in [9.17, 15) is 24.3 Å². The largest absolute Gasteiger partial charge is 0.514 e. The third-order valence-corrected chi connectivity index (χ3v) is 5.40. The molecular formula is C29H45NO11. The Bertz CT molecular complexity index is 1080. The molecule has 0 heterocycles. The number of rotatable bonds is 9. The lowest BCUT2D eigenvalue weighted by atomic mass is 9.79. The highest BCUT2D eigenvalue weighted by molar-refractivity contribution is 5.75. The second-order valence-electron chi connectivity index (χ2n) is 13.0. The van der Waals surface area contributed by atoms with Gasteiger partial charge in [-0.1, -0.05) is 33.8 Å². The molecule has 0 aliphatic rings. The van der Waals surface area contributed by atoms with E-state index in [-0.39, 0.29) is 23.5 Å². The maximum atomic E-state index is 12.5. The first kappa shape index (κ1) is 35.5. The zero-order valence-electron chi connectivity index (χ0n) is 25.9. The monoisotopic (exact) mass is 583 g/mol. The Hall–Kier alpha value is -3.54. The number of carbonyl (C=O) groups is 4. The van der Waals surface area contributed by atoms with E-state index in [1.165, 1.54) is 18.2 Å². The maximum Gasteiger partial charge on any atom is 0.514 e. The van der Waals surface area contributed by atoms with Gasteiger partial charge in [-0.25, -0.2) is 14.4 Å². The maximum absolute atomic E-state index is 12.5. The number of carbonyl (C=O) groups excluding carboxylic acids is 3. The summed E-state index contributed by atoms with van der Waals surface area (Å²) in [6, 6.07) is 2.65. The number of carboxylic acid groups (broad SMARTS) is 1. The van der Waals surface area contributed by atoms with E-state index < -0.39 is 59.6 Å². The molecule has 1 aromatic rings. The molecule has 0 bridgehead atoms. The lowest BCUT2D eigenvalue weighted by molar-refractivity contribution is -0.139. The van der Waals surface area contributed by atoms with Gasteiger partial charge in [0, 0.05) is 11.8 Å². The van der Waals surface area contributed by atoms with Gasteiger partial charge in [0.1, 0.15) is 23.3 Å². The molecule has 0 amide bonds. The summed E-state index contributed by atoms with van der Waals surface area (Å²) in [5.41, 5.74) is 4.37. The fourth-order valence-corrected chi connectivity index (χ4v) is 3.47. The molecule has 0 aliphatic heterocycles. The molecule has 0 radical (unpaired) electrons. The predicted octanol–water partition coefficient (Wildman–Crippen LogP) is 6.03. The minimum Gasteiger partial charge on any atom is -0.480 e. The van der Waals surface area contributed by atoms with E-state index in [0.29, 0.717) is 5.56 Å². The quantitative estimate of drug-likeness (QED) is 0.197. The van der Waals surface area contributed by atoms with E-state index in [1.54, 1.807) is 55.4 Å². The van der Waals surface area contributed by atoms with Gasteiger partial charge in [0.2, 0.25) is 0 Å². The van der Waals surface area contributed by atoms with Crippen molar-refractivity contribution in [2.24, 2.45) is 17.1 Å². The third kappa shape index (κ3) is 13.1. The van der Waals surface area contributed by atoms with Crippen LogP contribution in [0.15, 0.2) is 18.2 Å². The van der Waals surface area contributed by atoms with Crippen molar-refractivity contribution >= 4 is 24.4 Å². The van der Waals surface area contributed by atoms with E-state index in [2.05, 4.69) is 0 Å². The Morgan fingerprint density at radius 3 is 1.73 bits per heavy atom. The van der Waals surface area contributed by atoms with Crippen molar-refractivity contribution in [3.63, 3.8) is 0 Å². The van der Waals surface area contributed by atoms with Crippen LogP contribution < -0.4 is 15.2 Å². The van der Waals surface area contributed by atoms with Crippen molar-refractivity contribution in [3.05, 3.63) is 23.8 Å². The van der Waals surface area contributed by atoms with Crippen LogP contribution in [0.25, 0.3) is 0 Å². The zero-order valence-corrected chi connectivity index (χ0v) is 25.9. The number of aliphatic carboxylic acids is 1. The van der Waals surface area contributed by atoms with E-state index in [4.69, 9.17) is 34.2 Å². The normalized spacial score (nSPS) is 15.0. The fraction of sp³-hybridized carbons (Fsp3) is 0.655. The van der Waals surface area contributed by atoms with Crippen molar-refractivity contribution in [2.45, 2.75) is 105 Å². The van der Waals surface area contributed by atoms with E-state index in [1.807, 2.05) is 20.8 Å². The summed E-state index contributed by atoms with van der Waals surface area (Å²) in [6.07, 6.45) is -3.88. The molecule has 0 aromatic heterocycles. The van der Waals surface area contributed by atoms with Gasteiger partial charge in [0.15, 0.2) is 11.5 Å². The number of hydrogen-bond acceptors (Lipinski definition) is 11. The van der Waals surface area contributed by atoms with Crippen LogP contribution in [0.2, 0.25) is 0 Å². The third-order valence-electron chi connectivity index (χ3n) is 5.40. The first-order valence-corrected chi connectivity index (χ1v) is 13.3. The lowest BCUT2D eigenvalue weighted by Gasteiger charge is -2.32. The Balaban J connectivity index is 3.44. The molecule has 0 spiro atoms. The highest BCUT2D eigenvalue weighted by Crippen LogP contribution is 2.37. The number of hydrogen-bond donors (Lipinski definition) is 2. The summed E-state index contributed by atoms with van der Waals surface area (Å²) in [5, 5.41) is 9.78. The van der Waals surface area contributed by atoms with Crippen LogP contribution in [-0.2, 0) is 23.7 Å². The molecule has 0 aliphatic carbocycles. The molecule has 3 N–H and O–H groups in total. The second-order valence-corrected chi connectivity index (χ2v) is 13.0. The van der Waals surface area contributed by atoms with E-state index >= 15 is 0 Å². The average Bonchev–Trinajstić information content (AvgIpc) is 2.76. The van der Waals surface area contributed by atoms with Gasteiger partial charge < -0.3 is 39.3 Å². The predicted molar refractivity (Wildman–Crippen MR) is 149 cm³/mol. The molecule has 0 saturated heterocycles. The van der Waals surface area contributed by atoms with Gasteiger partial charge in [-0.2, -0.15) is 0 Å². The molecule has 0 fully saturated rings. The average molecular weight is 584 g/mol.